The lowest BCUT2D eigenvalue weighted by atomic mass is 10.2. The number of esters is 1. The molecule has 2 amide bonds. The first-order valence-electron chi connectivity index (χ1n) is 9.41. The summed E-state index contributed by atoms with van der Waals surface area (Å²) in [6.07, 6.45) is 1.47. The molecule has 10 heteroatoms. The van der Waals surface area contributed by atoms with Crippen LogP contribution in [-0.2, 0) is 14.3 Å². The maximum absolute atomic E-state index is 12.6. The maximum Gasteiger partial charge on any atom is 0.337 e. The van der Waals surface area contributed by atoms with Gasteiger partial charge in [0.1, 0.15) is 22.9 Å². The van der Waals surface area contributed by atoms with Crippen LogP contribution in [0.25, 0.3) is 0 Å². The lowest BCUT2D eigenvalue weighted by Crippen LogP contribution is -2.31. The number of carbonyl (C=O) groups excluding carboxylic acids is 3. The zero-order chi connectivity index (χ0) is 22.4. The van der Waals surface area contributed by atoms with Crippen LogP contribution in [0.1, 0.15) is 10.5 Å². The summed E-state index contributed by atoms with van der Waals surface area (Å²) >= 11 is 0. The van der Waals surface area contributed by atoms with Gasteiger partial charge < -0.3 is 30.1 Å². The van der Waals surface area contributed by atoms with E-state index >= 15 is 0 Å². The van der Waals surface area contributed by atoms with E-state index < -0.39 is 11.9 Å². The Kier molecular flexibility index (Phi) is 6.83. The lowest BCUT2D eigenvalue weighted by molar-refractivity contribution is -0.136. The van der Waals surface area contributed by atoms with Crippen LogP contribution in [0, 0.1) is 0 Å². The summed E-state index contributed by atoms with van der Waals surface area (Å²) in [7, 11) is 2.76. The first-order chi connectivity index (χ1) is 15.0. The molecule has 0 radical (unpaired) electrons. The van der Waals surface area contributed by atoms with Crippen LogP contribution < -0.4 is 15.4 Å². The Hall–Kier alpha value is -3.92. The van der Waals surface area contributed by atoms with Gasteiger partial charge in [0.2, 0.25) is 0 Å². The number of β-amino-alcohol motifs (C(OH)–C–C–N with tert-alkyl or cyclic N) is 1. The van der Waals surface area contributed by atoms with Crippen molar-refractivity contribution in [1.29, 1.82) is 0 Å². The van der Waals surface area contributed by atoms with Crippen molar-refractivity contribution >= 4 is 23.5 Å². The van der Waals surface area contributed by atoms with Gasteiger partial charge in [-0.1, -0.05) is 0 Å². The van der Waals surface area contributed by atoms with E-state index in [0.29, 0.717) is 17.2 Å². The van der Waals surface area contributed by atoms with E-state index in [1.807, 2.05) is 0 Å². The number of pyridine rings is 1. The fourth-order valence-electron chi connectivity index (χ4n) is 2.96. The number of aliphatic hydroxyl groups is 1. The molecular formula is C21H22N4O6. The van der Waals surface area contributed by atoms with Crippen molar-refractivity contribution in [3.63, 3.8) is 0 Å². The van der Waals surface area contributed by atoms with Crippen LogP contribution in [0.3, 0.4) is 0 Å². The van der Waals surface area contributed by atoms with Crippen molar-refractivity contribution in [3.05, 3.63) is 59.6 Å². The SMILES string of the molecule is CNC(=O)c1cc(Oc2ccc(NC3=C(C(=O)OC)CN(CCO)C3=O)cc2)ccn1. The minimum absolute atomic E-state index is 0.0608. The average Bonchev–Trinajstić information content (AvgIpc) is 3.09. The molecule has 2 aromatic rings. The molecule has 3 rings (SSSR count). The molecule has 3 N–H and O–H groups in total. The Labute approximate surface area is 178 Å². The van der Waals surface area contributed by atoms with Gasteiger partial charge in [0.15, 0.2) is 0 Å². The number of methoxy groups -OCH3 is 1. The Morgan fingerprint density at radius 3 is 2.58 bits per heavy atom. The van der Waals surface area contributed by atoms with Gasteiger partial charge in [0.25, 0.3) is 11.8 Å². The molecular weight excluding hydrogens is 404 g/mol. The molecule has 0 fully saturated rings. The number of hydrogen-bond donors (Lipinski definition) is 3. The van der Waals surface area contributed by atoms with Crippen molar-refractivity contribution in [1.82, 2.24) is 15.2 Å². The Bertz CT molecular complexity index is 1020. The minimum atomic E-state index is -0.610. The molecule has 1 aromatic heterocycles. The number of aliphatic hydroxyl groups excluding tert-OH is 1. The third-order valence-corrected chi connectivity index (χ3v) is 4.50. The quantitative estimate of drug-likeness (QED) is 0.531. The van der Waals surface area contributed by atoms with Crippen molar-refractivity contribution in [2.75, 3.05) is 39.2 Å². The van der Waals surface area contributed by atoms with Gasteiger partial charge in [0.05, 0.1) is 25.8 Å². The smallest absolute Gasteiger partial charge is 0.337 e. The van der Waals surface area contributed by atoms with Gasteiger partial charge in [-0.05, 0) is 30.3 Å². The van der Waals surface area contributed by atoms with Gasteiger partial charge >= 0.3 is 5.97 Å². The Morgan fingerprint density at radius 2 is 1.94 bits per heavy atom. The summed E-state index contributed by atoms with van der Waals surface area (Å²) in [4.78, 5) is 41.7. The lowest BCUT2D eigenvalue weighted by Gasteiger charge is -2.15. The van der Waals surface area contributed by atoms with Crippen LogP contribution in [0.15, 0.2) is 53.9 Å². The van der Waals surface area contributed by atoms with E-state index in [1.54, 1.807) is 30.3 Å². The molecule has 0 unspecified atom stereocenters. The summed E-state index contributed by atoms with van der Waals surface area (Å²) in [6.45, 7) is -0.0390. The topological polar surface area (TPSA) is 130 Å². The zero-order valence-electron chi connectivity index (χ0n) is 17.0. The normalized spacial score (nSPS) is 13.3. The number of anilines is 1. The van der Waals surface area contributed by atoms with Gasteiger partial charge in [-0.25, -0.2) is 4.79 Å². The molecule has 1 aromatic carbocycles. The molecule has 2 heterocycles. The summed E-state index contributed by atoms with van der Waals surface area (Å²) in [5.41, 5.74) is 1.09. The van der Waals surface area contributed by atoms with Crippen molar-refractivity contribution in [3.8, 4) is 11.5 Å². The molecule has 1 aliphatic heterocycles. The average molecular weight is 426 g/mol. The standard InChI is InChI=1S/C21H22N4O6/c1-22-19(27)17-11-15(7-8-23-17)31-14-5-3-13(4-6-14)24-18-16(21(29)30-2)12-25(9-10-26)20(18)28/h3-8,11,24,26H,9-10,12H2,1-2H3,(H,22,27). The molecule has 0 bridgehead atoms. The van der Waals surface area contributed by atoms with E-state index in [-0.39, 0.29) is 42.6 Å². The number of amides is 2. The number of aromatic nitrogens is 1. The van der Waals surface area contributed by atoms with Gasteiger partial charge in [0, 0.05) is 31.5 Å². The third kappa shape index (κ3) is 4.98. The van der Waals surface area contributed by atoms with Gasteiger partial charge in [-0.15, -0.1) is 0 Å². The second kappa shape index (κ2) is 9.72. The number of rotatable bonds is 8. The van der Waals surface area contributed by atoms with Gasteiger partial charge in [-0.2, -0.15) is 0 Å². The number of benzene rings is 1. The zero-order valence-corrected chi connectivity index (χ0v) is 17.0. The van der Waals surface area contributed by atoms with Crippen molar-refractivity contribution < 1.29 is 29.0 Å². The van der Waals surface area contributed by atoms with E-state index in [1.165, 1.54) is 31.3 Å². The largest absolute Gasteiger partial charge is 0.466 e. The summed E-state index contributed by atoms with van der Waals surface area (Å²) in [5.74, 6) is -0.387. The van der Waals surface area contributed by atoms with E-state index in [0.717, 1.165) is 0 Å². The second-order valence-electron chi connectivity index (χ2n) is 6.50. The molecule has 0 saturated heterocycles. The molecule has 1 aliphatic rings. The number of nitrogens with one attached hydrogen (secondary N) is 2. The fraction of sp³-hybridized carbons (Fsp3) is 0.238. The highest BCUT2D eigenvalue weighted by Crippen LogP contribution is 2.26. The highest BCUT2D eigenvalue weighted by molar-refractivity contribution is 6.08. The number of ether oxygens (including phenoxy) is 2. The molecule has 0 atom stereocenters. The number of hydrogen-bond acceptors (Lipinski definition) is 8. The highest BCUT2D eigenvalue weighted by Gasteiger charge is 2.34. The third-order valence-electron chi connectivity index (χ3n) is 4.50. The molecule has 0 aliphatic carbocycles. The molecule has 0 spiro atoms. The molecule has 162 valence electrons. The summed E-state index contributed by atoms with van der Waals surface area (Å²) in [6, 6.07) is 9.85. The highest BCUT2D eigenvalue weighted by atomic mass is 16.5. The summed E-state index contributed by atoms with van der Waals surface area (Å²) in [5, 5.41) is 14.6. The predicted octanol–water partition coefficient (Wildman–Crippen LogP) is 0.907. The number of nitrogens with zero attached hydrogens (tertiary/aromatic N) is 2. The monoisotopic (exact) mass is 426 g/mol. The number of carbonyl (C=O) groups is 3. The fourth-order valence-corrected chi connectivity index (χ4v) is 2.96. The Balaban J connectivity index is 1.74. The first-order valence-corrected chi connectivity index (χ1v) is 9.41. The van der Waals surface area contributed by atoms with Crippen LogP contribution in [0.4, 0.5) is 5.69 Å². The first kappa shape index (κ1) is 21.8. The van der Waals surface area contributed by atoms with Gasteiger partial charge in [-0.3, -0.25) is 14.6 Å². The van der Waals surface area contributed by atoms with E-state index in [9.17, 15) is 14.4 Å². The predicted molar refractivity (Wildman–Crippen MR) is 110 cm³/mol. The van der Waals surface area contributed by atoms with Crippen molar-refractivity contribution in [2.45, 2.75) is 0 Å². The molecule has 31 heavy (non-hydrogen) atoms. The Morgan fingerprint density at radius 1 is 1.19 bits per heavy atom. The second-order valence-corrected chi connectivity index (χ2v) is 6.50. The van der Waals surface area contributed by atoms with Crippen LogP contribution in [0.2, 0.25) is 0 Å². The van der Waals surface area contributed by atoms with Crippen LogP contribution in [0.5, 0.6) is 11.5 Å². The van der Waals surface area contributed by atoms with E-state index in [4.69, 9.17) is 14.6 Å². The molecule has 10 nitrogen and oxygen atoms in total. The van der Waals surface area contributed by atoms with E-state index in [2.05, 4.69) is 15.6 Å². The molecule has 0 saturated carbocycles. The van der Waals surface area contributed by atoms with Crippen LogP contribution in [-0.4, -0.2) is 66.6 Å². The maximum atomic E-state index is 12.6. The minimum Gasteiger partial charge on any atom is -0.466 e. The summed E-state index contributed by atoms with van der Waals surface area (Å²) < 4.78 is 10.5. The van der Waals surface area contributed by atoms with Crippen LogP contribution >= 0.6 is 0 Å². The van der Waals surface area contributed by atoms with Crippen molar-refractivity contribution in [2.24, 2.45) is 0 Å².